The van der Waals surface area contributed by atoms with Crippen molar-refractivity contribution in [2.24, 2.45) is 0 Å². The van der Waals surface area contributed by atoms with Gasteiger partial charge in [0, 0.05) is 19.7 Å². The lowest BCUT2D eigenvalue weighted by Gasteiger charge is -2.29. The van der Waals surface area contributed by atoms with Crippen LogP contribution in [-0.4, -0.2) is 27.9 Å². The van der Waals surface area contributed by atoms with Gasteiger partial charge in [-0.1, -0.05) is 30.3 Å². The van der Waals surface area contributed by atoms with Gasteiger partial charge in [0.1, 0.15) is 5.60 Å². The second kappa shape index (κ2) is 4.93. The van der Waals surface area contributed by atoms with Gasteiger partial charge in [0.2, 0.25) is 0 Å². The summed E-state index contributed by atoms with van der Waals surface area (Å²) in [4.78, 5) is 0. The molecule has 0 amide bonds. The minimum atomic E-state index is -0.274. The van der Waals surface area contributed by atoms with Crippen LogP contribution in [0.3, 0.4) is 0 Å². The third kappa shape index (κ3) is 2.08. The lowest BCUT2D eigenvalue weighted by molar-refractivity contribution is 0.00573. The van der Waals surface area contributed by atoms with Crippen molar-refractivity contribution in [1.29, 1.82) is 0 Å². The van der Waals surface area contributed by atoms with Crippen molar-refractivity contribution >= 4 is 0 Å². The highest BCUT2D eigenvalue weighted by atomic mass is 16.5. The quantitative estimate of drug-likeness (QED) is 0.916. The molecule has 2 aromatic rings. The summed E-state index contributed by atoms with van der Waals surface area (Å²) in [6, 6.07) is 10.6. The molecule has 2 aliphatic rings. The van der Waals surface area contributed by atoms with E-state index in [1.54, 1.807) is 0 Å². The van der Waals surface area contributed by atoms with Gasteiger partial charge in [0.15, 0.2) is 11.6 Å². The minimum Gasteiger partial charge on any atom is -0.367 e. The van der Waals surface area contributed by atoms with E-state index in [-0.39, 0.29) is 11.6 Å². The normalized spacial score (nSPS) is 28.5. The van der Waals surface area contributed by atoms with Gasteiger partial charge in [-0.15, -0.1) is 10.2 Å². The first-order valence-electron chi connectivity index (χ1n) is 7.64. The number of hydrogen-bond acceptors (Lipinski definition) is 4. The van der Waals surface area contributed by atoms with E-state index in [0.29, 0.717) is 0 Å². The Hall–Kier alpha value is -1.72. The molecule has 2 aliphatic heterocycles. The van der Waals surface area contributed by atoms with E-state index in [4.69, 9.17) is 4.74 Å². The Morgan fingerprint density at radius 2 is 2.14 bits per heavy atom. The molecule has 0 saturated carbocycles. The number of aromatic nitrogens is 3. The highest BCUT2D eigenvalue weighted by molar-refractivity contribution is 5.27. The van der Waals surface area contributed by atoms with E-state index < -0.39 is 0 Å². The molecule has 0 aliphatic carbocycles. The Kier molecular flexibility index (Phi) is 3.05. The number of benzene rings is 1. The van der Waals surface area contributed by atoms with Crippen molar-refractivity contribution in [3.8, 4) is 0 Å². The lowest BCUT2D eigenvalue weighted by atomic mass is 10.0. The highest BCUT2D eigenvalue weighted by Crippen LogP contribution is 2.36. The maximum atomic E-state index is 5.95. The van der Waals surface area contributed by atoms with Gasteiger partial charge >= 0.3 is 0 Å². The van der Waals surface area contributed by atoms with Crippen LogP contribution in [0.25, 0.3) is 0 Å². The molecule has 2 unspecified atom stereocenters. The zero-order valence-corrected chi connectivity index (χ0v) is 12.2. The summed E-state index contributed by atoms with van der Waals surface area (Å²) >= 11 is 0. The van der Waals surface area contributed by atoms with Crippen molar-refractivity contribution < 1.29 is 4.74 Å². The molecule has 110 valence electrons. The third-order valence-corrected chi connectivity index (χ3v) is 4.55. The van der Waals surface area contributed by atoms with Crippen molar-refractivity contribution in [3.05, 3.63) is 47.5 Å². The van der Waals surface area contributed by atoms with Crippen molar-refractivity contribution in [2.45, 2.75) is 38.0 Å². The molecule has 4 rings (SSSR count). The monoisotopic (exact) mass is 284 g/mol. The Balaban J connectivity index is 1.75. The van der Waals surface area contributed by atoms with Gasteiger partial charge in [-0.05, 0) is 25.3 Å². The Bertz CT molecular complexity index is 631. The van der Waals surface area contributed by atoms with Gasteiger partial charge in [-0.3, -0.25) is 0 Å². The molecule has 0 radical (unpaired) electrons. The Morgan fingerprint density at radius 3 is 2.90 bits per heavy atom. The SMILES string of the molecule is CC1(c2nnc3n2CCNC3c2ccccc2)CCCO1. The fraction of sp³-hybridized carbons (Fsp3) is 0.500. The van der Waals surface area contributed by atoms with Crippen LogP contribution in [0.4, 0.5) is 0 Å². The molecule has 5 heteroatoms. The summed E-state index contributed by atoms with van der Waals surface area (Å²) in [5.74, 6) is 1.98. The van der Waals surface area contributed by atoms with E-state index in [1.165, 1.54) is 5.56 Å². The first kappa shape index (κ1) is 13.0. The molecule has 5 nitrogen and oxygen atoms in total. The van der Waals surface area contributed by atoms with Crippen LogP contribution in [-0.2, 0) is 16.9 Å². The van der Waals surface area contributed by atoms with Crippen molar-refractivity contribution in [3.63, 3.8) is 0 Å². The maximum absolute atomic E-state index is 5.95. The second-order valence-corrected chi connectivity index (χ2v) is 6.01. The first-order chi connectivity index (χ1) is 10.3. The molecule has 21 heavy (non-hydrogen) atoms. The summed E-state index contributed by atoms with van der Waals surface area (Å²) in [5, 5.41) is 12.5. The maximum Gasteiger partial charge on any atom is 0.165 e. The van der Waals surface area contributed by atoms with Gasteiger partial charge in [-0.25, -0.2) is 0 Å². The van der Waals surface area contributed by atoms with E-state index in [1.807, 2.05) is 6.07 Å². The second-order valence-electron chi connectivity index (χ2n) is 6.01. The van der Waals surface area contributed by atoms with Gasteiger partial charge < -0.3 is 14.6 Å². The summed E-state index contributed by atoms with van der Waals surface area (Å²) in [5.41, 5.74) is 0.957. The fourth-order valence-corrected chi connectivity index (χ4v) is 3.42. The molecular weight excluding hydrogens is 264 g/mol. The molecule has 2 atom stereocenters. The number of fused-ring (bicyclic) bond motifs is 1. The highest BCUT2D eigenvalue weighted by Gasteiger charge is 2.39. The van der Waals surface area contributed by atoms with Crippen molar-refractivity contribution in [2.75, 3.05) is 13.2 Å². The van der Waals surface area contributed by atoms with Gasteiger partial charge in [0.25, 0.3) is 0 Å². The largest absolute Gasteiger partial charge is 0.367 e. The van der Waals surface area contributed by atoms with Gasteiger partial charge in [0.05, 0.1) is 6.04 Å². The van der Waals surface area contributed by atoms with E-state index in [0.717, 1.165) is 44.2 Å². The standard InChI is InChI=1S/C16H20N4O/c1-16(8-5-11-21-16)15-19-18-14-13(17-9-10-20(14)15)12-6-3-2-4-7-12/h2-4,6-7,13,17H,5,8-11H2,1H3. The fourth-order valence-electron chi connectivity index (χ4n) is 3.42. The van der Waals surface area contributed by atoms with Crippen LogP contribution in [0, 0.1) is 0 Å². The minimum absolute atomic E-state index is 0.117. The predicted molar refractivity (Wildman–Crippen MR) is 78.8 cm³/mol. The van der Waals surface area contributed by atoms with E-state index in [2.05, 4.69) is 51.3 Å². The predicted octanol–water partition coefficient (Wildman–Crippen LogP) is 2.00. The summed E-state index contributed by atoms with van der Waals surface area (Å²) in [7, 11) is 0. The molecule has 0 spiro atoms. The van der Waals surface area contributed by atoms with Crippen LogP contribution in [0.5, 0.6) is 0 Å². The number of rotatable bonds is 2. The summed E-state index contributed by atoms with van der Waals surface area (Å²) < 4.78 is 8.20. The molecular formula is C16H20N4O. The average molecular weight is 284 g/mol. The van der Waals surface area contributed by atoms with Crippen molar-refractivity contribution in [1.82, 2.24) is 20.1 Å². The zero-order chi connectivity index (χ0) is 14.3. The van der Waals surface area contributed by atoms with Crippen LogP contribution in [0.15, 0.2) is 30.3 Å². The van der Waals surface area contributed by atoms with E-state index >= 15 is 0 Å². The number of nitrogens with one attached hydrogen (secondary N) is 1. The summed E-state index contributed by atoms with van der Waals surface area (Å²) in [6.45, 7) is 4.78. The lowest BCUT2D eigenvalue weighted by Crippen LogP contribution is -2.37. The number of ether oxygens (including phenoxy) is 1. The topological polar surface area (TPSA) is 52.0 Å². The molecule has 1 aromatic carbocycles. The molecule has 3 heterocycles. The smallest absolute Gasteiger partial charge is 0.165 e. The summed E-state index contributed by atoms with van der Waals surface area (Å²) in [6.07, 6.45) is 2.12. The molecule has 1 saturated heterocycles. The van der Waals surface area contributed by atoms with Crippen LogP contribution < -0.4 is 5.32 Å². The van der Waals surface area contributed by atoms with Crippen LogP contribution >= 0.6 is 0 Å². The van der Waals surface area contributed by atoms with Crippen LogP contribution in [0.1, 0.15) is 43.0 Å². The number of hydrogen-bond donors (Lipinski definition) is 1. The first-order valence-corrected chi connectivity index (χ1v) is 7.64. The average Bonchev–Trinajstić information content (AvgIpc) is 3.15. The van der Waals surface area contributed by atoms with Gasteiger partial charge in [-0.2, -0.15) is 0 Å². The molecule has 1 aromatic heterocycles. The van der Waals surface area contributed by atoms with Crippen LogP contribution in [0.2, 0.25) is 0 Å². The molecule has 1 N–H and O–H groups in total. The van der Waals surface area contributed by atoms with E-state index in [9.17, 15) is 0 Å². The Labute approximate surface area is 124 Å². The third-order valence-electron chi connectivity index (χ3n) is 4.55. The molecule has 1 fully saturated rings. The Morgan fingerprint density at radius 1 is 1.29 bits per heavy atom. The molecule has 0 bridgehead atoms. The zero-order valence-electron chi connectivity index (χ0n) is 12.2. The number of nitrogens with zero attached hydrogens (tertiary/aromatic N) is 3.